The lowest BCUT2D eigenvalue weighted by molar-refractivity contribution is -0.861. The highest BCUT2D eigenvalue weighted by molar-refractivity contribution is 6.31. The second-order valence-electron chi connectivity index (χ2n) is 6.52. The fourth-order valence-electron chi connectivity index (χ4n) is 3.18. The molecule has 0 spiro atoms. The van der Waals surface area contributed by atoms with Crippen LogP contribution in [0.15, 0.2) is 41.4 Å². The Morgan fingerprint density at radius 3 is 2.79 bits per heavy atom. The van der Waals surface area contributed by atoms with E-state index in [2.05, 4.69) is 21.3 Å². The predicted molar refractivity (Wildman–Crippen MR) is 99.9 cm³/mol. The highest BCUT2D eigenvalue weighted by Crippen LogP contribution is 2.40. The van der Waals surface area contributed by atoms with E-state index >= 15 is 0 Å². The Kier molecular flexibility index (Phi) is 3.72. The smallest absolute Gasteiger partial charge is 0.0960 e. The van der Waals surface area contributed by atoms with Gasteiger partial charge >= 0.3 is 0 Å². The Labute approximate surface area is 146 Å². The van der Waals surface area contributed by atoms with Crippen LogP contribution in [0.3, 0.4) is 0 Å². The molecule has 0 saturated carbocycles. The van der Waals surface area contributed by atoms with Gasteiger partial charge in [-0.1, -0.05) is 17.7 Å². The number of fused-ring (bicyclic) bond motifs is 2. The van der Waals surface area contributed by atoms with Gasteiger partial charge in [0.1, 0.15) is 0 Å². The third-order valence-electron chi connectivity index (χ3n) is 4.66. The van der Waals surface area contributed by atoms with Crippen LogP contribution >= 0.6 is 11.6 Å². The van der Waals surface area contributed by atoms with Crippen LogP contribution in [0, 0.1) is 5.21 Å². The van der Waals surface area contributed by atoms with E-state index < -0.39 is 0 Å². The zero-order valence-electron chi connectivity index (χ0n) is 13.5. The molecule has 24 heavy (non-hydrogen) atoms. The van der Waals surface area contributed by atoms with Crippen molar-refractivity contribution in [3.8, 4) is 0 Å². The second kappa shape index (κ2) is 5.77. The zero-order chi connectivity index (χ0) is 16.7. The average Bonchev–Trinajstić information content (AvgIpc) is 2.73. The molecule has 0 unspecified atom stereocenters. The molecule has 0 aliphatic carbocycles. The number of hydrogen-bond donors (Lipinski definition) is 1. The van der Waals surface area contributed by atoms with E-state index in [4.69, 9.17) is 11.6 Å². The van der Waals surface area contributed by atoms with Crippen molar-refractivity contribution in [1.29, 1.82) is 0 Å². The zero-order valence-corrected chi connectivity index (χ0v) is 14.3. The number of anilines is 3. The summed E-state index contributed by atoms with van der Waals surface area (Å²) >= 11 is 6.15. The molecular formula is C18H19ClN4O. The summed E-state index contributed by atoms with van der Waals surface area (Å²) in [5.74, 6) is 0. The molecule has 2 aliphatic heterocycles. The largest absolute Gasteiger partial charge is 0.633 e. The second-order valence-corrected chi connectivity index (χ2v) is 6.95. The van der Waals surface area contributed by atoms with E-state index in [1.807, 2.05) is 36.5 Å². The van der Waals surface area contributed by atoms with E-state index in [0.717, 1.165) is 41.4 Å². The number of aliphatic imine (C=N–C) groups is 1. The van der Waals surface area contributed by atoms with E-state index in [1.165, 1.54) is 0 Å². The van der Waals surface area contributed by atoms with Gasteiger partial charge < -0.3 is 20.1 Å². The summed E-state index contributed by atoms with van der Waals surface area (Å²) in [6.07, 6.45) is 1.86. The van der Waals surface area contributed by atoms with E-state index in [1.54, 1.807) is 7.05 Å². The van der Waals surface area contributed by atoms with Crippen molar-refractivity contribution in [2.24, 2.45) is 4.99 Å². The van der Waals surface area contributed by atoms with Crippen molar-refractivity contribution < 1.29 is 4.65 Å². The van der Waals surface area contributed by atoms with Gasteiger partial charge in [-0.2, -0.15) is 0 Å². The summed E-state index contributed by atoms with van der Waals surface area (Å²) in [6, 6.07) is 11.8. The lowest BCUT2D eigenvalue weighted by Crippen LogP contribution is -2.53. The van der Waals surface area contributed by atoms with Crippen molar-refractivity contribution in [3.63, 3.8) is 0 Å². The van der Waals surface area contributed by atoms with Crippen molar-refractivity contribution in [2.45, 2.75) is 0 Å². The van der Waals surface area contributed by atoms with Crippen molar-refractivity contribution in [3.05, 3.63) is 52.2 Å². The molecule has 2 aromatic carbocycles. The van der Waals surface area contributed by atoms with Crippen LogP contribution in [0.1, 0.15) is 5.56 Å². The van der Waals surface area contributed by atoms with Gasteiger partial charge in [0.15, 0.2) is 0 Å². The lowest BCUT2D eigenvalue weighted by atomic mass is 10.1. The molecule has 0 aromatic heterocycles. The molecule has 124 valence electrons. The normalized spacial score (nSPS) is 18.4. The van der Waals surface area contributed by atoms with Crippen LogP contribution in [0.4, 0.5) is 22.7 Å². The van der Waals surface area contributed by atoms with Crippen LogP contribution in [-0.4, -0.2) is 44.1 Å². The molecule has 6 heteroatoms. The van der Waals surface area contributed by atoms with Crippen LogP contribution in [-0.2, 0) is 0 Å². The van der Waals surface area contributed by atoms with Crippen molar-refractivity contribution >= 4 is 40.6 Å². The van der Waals surface area contributed by atoms with Gasteiger partial charge in [-0.25, -0.2) is 0 Å². The third-order valence-corrected chi connectivity index (χ3v) is 4.90. The molecule has 0 radical (unpaired) electrons. The van der Waals surface area contributed by atoms with Crippen LogP contribution in [0.25, 0.3) is 0 Å². The minimum absolute atomic E-state index is 0.171. The molecule has 1 fully saturated rings. The molecule has 2 aromatic rings. The summed E-state index contributed by atoms with van der Waals surface area (Å²) in [5, 5.41) is 16.3. The summed E-state index contributed by atoms with van der Waals surface area (Å²) in [5.41, 5.74) is 4.89. The Hall–Kier alpha value is -2.08. The average molecular weight is 343 g/mol. The number of hydrogen-bond acceptors (Lipinski definition) is 4. The van der Waals surface area contributed by atoms with Gasteiger partial charge in [-0.3, -0.25) is 4.99 Å². The predicted octanol–water partition coefficient (Wildman–Crippen LogP) is 3.91. The fourth-order valence-corrected chi connectivity index (χ4v) is 3.35. The molecule has 4 rings (SSSR count). The Bertz CT molecular complexity index is 809. The Morgan fingerprint density at radius 1 is 1.21 bits per heavy atom. The van der Waals surface area contributed by atoms with Gasteiger partial charge in [-0.05, 0) is 30.3 Å². The molecule has 5 nitrogen and oxygen atoms in total. The molecule has 1 saturated heterocycles. The summed E-state index contributed by atoms with van der Waals surface area (Å²) in [7, 11) is 1.74. The molecular weight excluding hydrogens is 324 g/mol. The van der Waals surface area contributed by atoms with Gasteiger partial charge in [0.25, 0.3) is 0 Å². The summed E-state index contributed by atoms with van der Waals surface area (Å²) < 4.78 is -0.171. The SMILES string of the molecule is C[N+]1([O-])CCN(c2cccc3c2Nc2cc(Cl)ccc2C=N3)CC1. The molecule has 2 heterocycles. The number of nitrogens with one attached hydrogen (secondary N) is 1. The summed E-state index contributed by atoms with van der Waals surface area (Å²) in [6.45, 7) is 2.67. The van der Waals surface area contributed by atoms with Gasteiger partial charge in [0.2, 0.25) is 0 Å². The maximum atomic E-state index is 12.1. The number of likely N-dealkylation sites (N-methyl/N-ethyl adjacent to an activating group) is 1. The first-order valence-electron chi connectivity index (χ1n) is 8.06. The number of rotatable bonds is 1. The molecule has 0 atom stereocenters. The first-order chi connectivity index (χ1) is 11.5. The highest BCUT2D eigenvalue weighted by Gasteiger charge is 2.24. The number of benzene rings is 2. The maximum absolute atomic E-state index is 12.1. The van der Waals surface area contributed by atoms with Crippen LogP contribution < -0.4 is 10.2 Å². The summed E-state index contributed by atoms with van der Waals surface area (Å²) in [4.78, 5) is 6.88. The molecule has 0 amide bonds. The number of para-hydroxylation sites is 1. The maximum Gasteiger partial charge on any atom is 0.0960 e. The van der Waals surface area contributed by atoms with E-state index in [-0.39, 0.29) is 4.65 Å². The first kappa shape index (κ1) is 15.4. The topological polar surface area (TPSA) is 50.7 Å². The number of nitrogens with zero attached hydrogens (tertiary/aromatic N) is 3. The minimum atomic E-state index is -0.171. The Morgan fingerprint density at radius 2 is 2.00 bits per heavy atom. The number of piperazine rings is 1. The third kappa shape index (κ3) is 2.86. The quantitative estimate of drug-likeness (QED) is 0.539. The first-order valence-corrected chi connectivity index (χ1v) is 8.44. The number of halogens is 1. The monoisotopic (exact) mass is 342 g/mol. The van der Waals surface area contributed by atoms with E-state index in [0.29, 0.717) is 18.1 Å². The highest BCUT2D eigenvalue weighted by atomic mass is 35.5. The number of hydroxylamine groups is 3. The van der Waals surface area contributed by atoms with Crippen molar-refractivity contribution in [1.82, 2.24) is 0 Å². The molecule has 2 aliphatic rings. The van der Waals surface area contributed by atoms with Gasteiger partial charge in [0, 0.05) is 22.5 Å². The fraction of sp³-hybridized carbons (Fsp3) is 0.278. The number of quaternary nitrogens is 1. The van der Waals surface area contributed by atoms with Crippen molar-refractivity contribution in [2.75, 3.05) is 43.4 Å². The van der Waals surface area contributed by atoms with Gasteiger partial charge in [0.05, 0.1) is 50.3 Å². The van der Waals surface area contributed by atoms with Gasteiger partial charge in [-0.15, -0.1) is 0 Å². The standard InChI is InChI=1S/C18H19ClN4O/c1-23(24)9-7-22(8-10-23)17-4-2-3-15-18(17)21-16-11-14(19)6-5-13(16)12-20-15/h2-6,11-12,21H,7-10H2,1H3. The lowest BCUT2D eigenvalue weighted by Gasteiger charge is -2.46. The van der Waals surface area contributed by atoms with E-state index in [9.17, 15) is 5.21 Å². The molecule has 0 bridgehead atoms. The molecule has 1 N–H and O–H groups in total. The van der Waals surface area contributed by atoms with Crippen LogP contribution in [0.5, 0.6) is 0 Å². The van der Waals surface area contributed by atoms with Crippen LogP contribution in [0.2, 0.25) is 5.02 Å². The Balaban J connectivity index is 1.73. The minimum Gasteiger partial charge on any atom is -0.633 e.